The Labute approximate surface area is 186 Å². The number of pyridine rings is 2. The minimum Gasteiger partial charge on any atom is -0.481 e. The summed E-state index contributed by atoms with van der Waals surface area (Å²) in [6.07, 6.45) is 11.0. The van der Waals surface area contributed by atoms with E-state index in [1.807, 2.05) is 55.1 Å². The zero-order valence-corrected chi connectivity index (χ0v) is 18.1. The van der Waals surface area contributed by atoms with Crippen LogP contribution in [-0.2, 0) is 12.8 Å². The average Bonchev–Trinajstić information content (AvgIpc) is 3.28. The van der Waals surface area contributed by atoms with E-state index < -0.39 is 0 Å². The van der Waals surface area contributed by atoms with Crippen molar-refractivity contribution >= 4 is 5.65 Å². The van der Waals surface area contributed by atoms with Gasteiger partial charge in [-0.2, -0.15) is 0 Å². The molecule has 158 valence electrons. The Morgan fingerprint density at radius 1 is 0.844 bits per heavy atom. The zero-order valence-electron chi connectivity index (χ0n) is 18.1. The molecule has 1 aromatic carbocycles. The van der Waals surface area contributed by atoms with Gasteiger partial charge in [-0.3, -0.25) is 14.4 Å². The van der Waals surface area contributed by atoms with Crippen LogP contribution in [0.15, 0.2) is 79.5 Å². The van der Waals surface area contributed by atoms with Gasteiger partial charge in [-0.15, -0.1) is 0 Å². The first-order valence-electron chi connectivity index (χ1n) is 10.6. The Balaban J connectivity index is 1.38. The van der Waals surface area contributed by atoms with Gasteiger partial charge in [0, 0.05) is 42.0 Å². The molecule has 0 fully saturated rings. The molecule has 0 N–H and O–H groups in total. The van der Waals surface area contributed by atoms with Crippen molar-refractivity contribution in [3.8, 4) is 28.4 Å². The van der Waals surface area contributed by atoms with Crippen molar-refractivity contribution in [3.63, 3.8) is 0 Å². The summed E-state index contributed by atoms with van der Waals surface area (Å²) >= 11 is 0. The average molecular weight is 422 g/mol. The summed E-state index contributed by atoms with van der Waals surface area (Å²) in [6.45, 7) is 2.08. The molecule has 5 rings (SSSR count). The first-order valence-corrected chi connectivity index (χ1v) is 10.6. The highest BCUT2D eigenvalue weighted by molar-refractivity contribution is 5.65. The monoisotopic (exact) mass is 421 g/mol. The van der Waals surface area contributed by atoms with Crippen molar-refractivity contribution in [1.82, 2.24) is 24.3 Å². The number of fused-ring (bicyclic) bond motifs is 1. The van der Waals surface area contributed by atoms with E-state index in [1.165, 1.54) is 5.56 Å². The van der Waals surface area contributed by atoms with E-state index in [9.17, 15) is 0 Å². The summed E-state index contributed by atoms with van der Waals surface area (Å²) in [5, 5.41) is 0. The van der Waals surface area contributed by atoms with Crippen molar-refractivity contribution in [2.45, 2.75) is 19.8 Å². The van der Waals surface area contributed by atoms with Crippen molar-refractivity contribution in [2.24, 2.45) is 0 Å². The molecule has 6 nitrogen and oxygen atoms in total. The fraction of sp³-hybridized carbons (Fsp3) is 0.154. The lowest BCUT2D eigenvalue weighted by Crippen LogP contribution is -2.01. The summed E-state index contributed by atoms with van der Waals surface area (Å²) in [5.74, 6) is 0.585. The highest BCUT2D eigenvalue weighted by atomic mass is 16.5. The van der Waals surface area contributed by atoms with Crippen LogP contribution in [0.5, 0.6) is 5.88 Å². The van der Waals surface area contributed by atoms with E-state index in [2.05, 4.69) is 44.5 Å². The van der Waals surface area contributed by atoms with Gasteiger partial charge in [0.2, 0.25) is 5.88 Å². The maximum absolute atomic E-state index is 5.24. The van der Waals surface area contributed by atoms with Crippen LogP contribution < -0.4 is 4.74 Å². The Hall–Kier alpha value is -4.06. The summed E-state index contributed by atoms with van der Waals surface area (Å²) < 4.78 is 7.35. The minimum absolute atomic E-state index is 0.585. The molecule has 0 radical (unpaired) electrons. The molecule has 0 aliphatic carbocycles. The third-order valence-electron chi connectivity index (χ3n) is 5.57. The molecule has 4 heterocycles. The highest BCUT2D eigenvalue weighted by Gasteiger charge is 2.11. The molecular formula is C26H23N5O. The number of aromatic nitrogens is 5. The molecule has 4 aromatic heterocycles. The summed E-state index contributed by atoms with van der Waals surface area (Å²) in [5.41, 5.74) is 8.32. The predicted molar refractivity (Wildman–Crippen MR) is 125 cm³/mol. The van der Waals surface area contributed by atoms with Gasteiger partial charge in [0.05, 0.1) is 30.4 Å². The van der Waals surface area contributed by atoms with Crippen LogP contribution >= 0.6 is 0 Å². The predicted octanol–water partition coefficient (Wildman–Crippen LogP) is 4.96. The van der Waals surface area contributed by atoms with Crippen LogP contribution in [0.1, 0.15) is 16.8 Å². The van der Waals surface area contributed by atoms with Crippen molar-refractivity contribution < 1.29 is 4.74 Å². The molecule has 0 saturated carbocycles. The van der Waals surface area contributed by atoms with Gasteiger partial charge in [-0.1, -0.05) is 36.4 Å². The molecule has 0 spiro atoms. The third-order valence-corrected chi connectivity index (χ3v) is 5.57. The lowest BCUT2D eigenvalue weighted by molar-refractivity contribution is 0.398. The first-order chi connectivity index (χ1) is 15.7. The topological polar surface area (TPSA) is 65.2 Å². The van der Waals surface area contributed by atoms with Gasteiger partial charge >= 0.3 is 0 Å². The lowest BCUT2D eigenvalue weighted by Gasteiger charge is -2.09. The van der Waals surface area contributed by atoms with Crippen molar-refractivity contribution in [2.75, 3.05) is 7.11 Å². The number of aryl methyl sites for hydroxylation is 3. The fourth-order valence-electron chi connectivity index (χ4n) is 3.97. The number of hydrogen-bond acceptors (Lipinski definition) is 5. The van der Waals surface area contributed by atoms with E-state index >= 15 is 0 Å². The zero-order chi connectivity index (χ0) is 21.9. The fourth-order valence-corrected chi connectivity index (χ4v) is 3.97. The Bertz CT molecular complexity index is 1380. The van der Waals surface area contributed by atoms with E-state index in [0.717, 1.165) is 52.3 Å². The van der Waals surface area contributed by atoms with Crippen LogP contribution in [0, 0.1) is 6.92 Å². The third kappa shape index (κ3) is 3.83. The van der Waals surface area contributed by atoms with Gasteiger partial charge in [-0.05, 0) is 37.0 Å². The Morgan fingerprint density at radius 2 is 1.72 bits per heavy atom. The molecule has 5 aromatic rings. The quantitative estimate of drug-likeness (QED) is 0.388. The van der Waals surface area contributed by atoms with Crippen molar-refractivity contribution in [3.05, 3.63) is 96.3 Å². The molecule has 6 heteroatoms. The normalized spacial score (nSPS) is 11.1. The highest BCUT2D eigenvalue weighted by Crippen LogP contribution is 2.25. The Kier molecular flexibility index (Phi) is 5.34. The maximum atomic E-state index is 5.24. The second kappa shape index (κ2) is 8.59. The molecule has 0 aliphatic heterocycles. The number of imidazole rings is 1. The van der Waals surface area contributed by atoms with Gasteiger partial charge in [-0.25, -0.2) is 9.97 Å². The van der Waals surface area contributed by atoms with Crippen LogP contribution in [0.3, 0.4) is 0 Å². The van der Waals surface area contributed by atoms with Crippen LogP contribution in [-0.4, -0.2) is 31.4 Å². The molecule has 0 atom stereocenters. The van der Waals surface area contributed by atoms with Crippen LogP contribution in [0.4, 0.5) is 0 Å². The van der Waals surface area contributed by atoms with Gasteiger partial charge < -0.3 is 4.74 Å². The van der Waals surface area contributed by atoms with Gasteiger partial charge in [0.25, 0.3) is 0 Å². The lowest BCUT2D eigenvalue weighted by atomic mass is 10.0. The number of hydrogen-bond donors (Lipinski definition) is 0. The molecule has 0 unspecified atom stereocenters. The Morgan fingerprint density at radius 3 is 2.53 bits per heavy atom. The van der Waals surface area contributed by atoms with Gasteiger partial charge in [0.15, 0.2) is 5.65 Å². The largest absolute Gasteiger partial charge is 0.481 e. The molecule has 0 saturated heterocycles. The SMILES string of the molecule is COc1cc(-c2ncc(CCc3nccn4c(-c5ccccc5)cnc34)cc2C)ccn1. The number of benzene rings is 1. The number of nitrogens with zero attached hydrogens (tertiary/aromatic N) is 5. The standard InChI is InChI=1S/C26H23N5O/c1-18-14-19(16-29-25(18)21-10-11-28-24(15-21)32-2)8-9-22-26-30-17-23(31(26)13-12-27-22)20-6-4-3-5-7-20/h3-7,10-17H,8-9H2,1-2H3. The summed E-state index contributed by atoms with van der Waals surface area (Å²) in [7, 11) is 1.62. The summed E-state index contributed by atoms with van der Waals surface area (Å²) in [4.78, 5) is 18.2. The van der Waals surface area contributed by atoms with Crippen molar-refractivity contribution in [1.29, 1.82) is 0 Å². The second-order valence-electron chi connectivity index (χ2n) is 7.67. The molecule has 32 heavy (non-hydrogen) atoms. The van der Waals surface area contributed by atoms with E-state index in [4.69, 9.17) is 9.72 Å². The number of methoxy groups -OCH3 is 1. The maximum Gasteiger partial charge on any atom is 0.213 e. The molecule has 0 amide bonds. The van der Waals surface area contributed by atoms with Gasteiger partial charge in [0.1, 0.15) is 0 Å². The van der Waals surface area contributed by atoms with E-state index in [0.29, 0.717) is 5.88 Å². The molecule has 0 aliphatic rings. The second-order valence-corrected chi connectivity index (χ2v) is 7.67. The number of rotatable bonds is 6. The first kappa shape index (κ1) is 19.9. The smallest absolute Gasteiger partial charge is 0.213 e. The number of ether oxygens (including phenoxy) is 1. The van der Waals surface area contributed by atoms with Crippen LogP contribution in [0.2, 0.25) is 0 Å². The molecule has 0 bridgehead atoms. The minimum atomic E-state index is 0.585. The summed E-state index contributed by atoms with van der Waals surface area (Å²) in [6, 6.07) is 16.3. The van der Waals surface area contributed by atoms with E-state index in [-0.39, 0.29) is 0 Å². The molecular weight excluding hydrogens is 398 g/mol. The van der Waals surface area contributed by atoms with Crippen LogP contribution in [0.25, 0.3) is 28.2 Å². The van der Waals surface area contributed by atoms with E-state index in [1.54, 1.807) is 13.3 Å².